The van der Waals surface area contributed by atoms with Gasteiger partial charge in [-0.2, -0.15) is 0 Å². The molecule has 1 fully saturated rings. The van der Waals surface area contributed by atoms with Gasteiger partial charge >= 0.3 is 5.97 Å². The molecule has 1 aliphatic rings. The minimum atomic E-state index is -1.48. The molecule has 6 nitrogen and oxygen atoms in total. The average Bonchev–Trinajstić information content (AvgIpc) is 2.74. The van der Waals surface area contributed by atoms with Crippen molar-refractivity contribution in [2.24, 2.45) is 11.1 Å². The molecule has 2 unspecified atom stereocenters. The summed E-state index contributed by atoms with van der Waals surface area (Å²) in [6.45, 7) is 1.81. The lowest BCUT2D eigenvalue weighted by molar-refractivity contribution is -0.125. The SMILES string of the molecule is CC1(C(=O)Nc2cc(F)c(F)cc2C(=O)O)COCC1N. The Bertz CT molecular complexity index is 608. The van der Waals surface area contributed by atoms with E-state index in [2.05, 4.69) is 5.32 Å². The zero-order valence-corrected chi connectivity index (χ0v) is 11.2. The molecule has 0 bridgehead atoms. The molecular formula is C13H14F2N2O4. The zero-order chi connectivity index (χ0) is 15.8. The highest BCUT2D eigenvalue weighted by molar-refractivity contribution is 6.02. The molecule has 114 valence electrons. The summed E-state index contributed by atoms with van der Waals surface area (Å²) >= 11 is 0. The Morgan fingerprint density at radius 3 is 2.57 bits per heavy atom. The van der Waals surface area contributed by atoms with Gasteiger partial charge in [0.15, 0.2) is 11.6 Å². The van der Waals surface area contributed by atoms with Crippen molar-refractivity contribution in [1.29, 1.82) is 0 Å². The number of aromatic carboxylic acids is 1. The summed E-state index contributed by atoms with van der Waals surface area (Å²) in [6.07, 6.45) is 0. The Morgan fingerprint density at radius 1 is 1.43 bits per heavy atom. The van der Waals surface area contributed by atoms with Gasteiger partial charge in [-0.1, -0.05) is 0 Å². The van der Waals surface area contributed by atoms with Gasteiger partial charge in [0, 0.05) is 12.1 Å². The number of carboxylic acid groups (broad SMARTS) is 1. The van der Waals surface area contributed by atoms with Crippen LogP contribution in [0.5, 0.6) is 0 Å². The summed E-state index contributed by atoms with van der Waals surface area (Å²) in [6, 6.07) is 0.568. The molecule has 8 heteroatoms. The third-order valence-corrected chi connectivity index (χ3v) is 3.58. The standard InChI is InChI=1S/C13H14F2N2O4/c1-13(5-21-4-10(13)16)12(20)17-9-3-8(15)7(14)2-6(9)11(18)19/h2-3,10H,4-5,16H2,1H3,(H,17,20)(H,18,19). The van der Waals surface area contributed by atoms with Gasteiger partial charge in [-0.05, 0) is 13.0 Å². The molecule has 4 N–H and O–H groups in total. The molecule has 21 heavy (non-hydrogen) atoms. The summed E-state index contributed by atoms with van der Waals surface area (Å²) in [4.78, 5) is 23.3. The molecule has 2 rings (SSSR count). The maximum atomic E-state index is 13.3. The highest BCUT2D eigenvalue weighted by Gasteiger charge is 2.44. The van der Waals surface area contributed by atoms with E-state index in [4.69, 9.17) is 15.6 Å². The van der Waals surface area contributed by atoms with Crippen LogP contribution in [0, 0.1) is 17.0 Å². The van der Waals surface area contributed by atoms with E-state index in [0.717, 1.165) is 0 Å². The summed E-state index contributed by atoms with van der Waals surface area (Å²) in [5.41, 5.74) is 3.84. The van der Waals surface area contributed by atoms with Crippen molar-refractivity contribution >= 4 is 17.6 Å². The molecule has 2 atom stereocenters. The van der Waals surface area contributed by atoms with Crippen molar-refractivity contribution in [2.75, 3.05) is 18.5 Å². The molecule has 1 aliphatic heterocycles. The van der Waals surface area contributed by atoms with Crippen LogP contribution in [-0.2, 0) is 9.53 Å². The van der Waals surface area contributed by atoms with Crippen molar-refractivity contribution in [3.63, 3.8) is 0 Å². The van der Waals surface area contributed by atoms with E-state index < -0.39 is 40.5 Å². The van der Waals surface area contributed by atoms with Gasteiger partial charge in [-0.15, -0.1) is 0 Å². The number of rotatable bonds is 3. The minimum Gasteiger partial charge on any atom is -0.478 e. The van der Waals surface area contributed by atoms with Crippen LogP contribution in [0.1, 0.15) is 17.3 Å². The number of carbonyl (C=O) groups is 2. The van der Waals surface area contributed by atoms with Crippen LogP contribution in [-0.4, -0.2) is 36.2 Å². The largest absolute Gasteiger partial charge is 0.478 e. The van der Waals surface area contributed by atoms with Crippen LogP contribution >= 0.6 is 0 Å². The molecule has 0 aliphatic carbocycles. The molecule has 1 aromatic rings. The summed E-state index contributed by atoms with van der Waals surface area (Å²) in [7, 11) is 0. The number of hydrogen-bond donors (Lipinski definition) is 3. The van der Waals surface area contributed by atoms with E-state index in [1.165, 1.54) is 0 Å². The predicted octanol–water partition coefficient (Wildman–Crippen LogP) is 0.965. The quantitative estimate of drug-likeness (QED) is 0.772. The molecule has 1 amide bonds. The fraction of sp³-hybridized carbons (Fsp3) is 0.385. The Labute approximate surface area is 118 Å². The average molecular weight is 300 g/mol. The zero-order valence-electron chi connectivity index (χ0n) is 11.2. The number of benzene rings is 1. The van der Waals surface area contributed by atoms with Crippen molar-refractivity contribution < 1.29 is 28.2 Å². The number of ether oxygens (including phenoxy) is 1. The van der Waals surface area contributed by atoms with Crippen LogP contribution in [0.25, 0.3) is 0 Å². The second kappa shape index (κ2) is 5.38. The monoisotopic (exact) mass is 300 g/mol. The van der Waals surface area contributed by atoms with Crippen molar-refractivity contribution in [2.45, 2.75) is 13.0 Å². The molecule has 1 saturated heterocycles. The van der Waals surface area contributed by atoms with Crippen molar-refractivity contribution in [1.82, 2.24) is 0 Å². The lowest BCUT2D eigenvalue weighted by Crippen LogP contribution is -2.47. The second-order valence-corrected chi connectivity index (χ2v) is 5.11. The van der Waals surface area contributed by atoms with Crippen LogP contribution < -0.4 is 11.1 Å². The third kappa shape index (κ3) is 2.72. The van der Waals surface area contributed by atoms with Crippen LogP contribution in [0.15, 0.2) is 12.1 Å². The third-order valence-electron chi connectivity index (χ3n) is 3.58. The molecule has 0 spiro atoms. The number of nitrogens with two attached hydrogens (primary N) is 1. The van der Waals surface area contributed by atoms with E-state index in [9.17, 15) is 18.4 Å². The van der Waals surface area contributed by atoms with Crippen LogP contribution in [0.3, 0.4) is 0 Å². The molecule has 1 heterocycles. The molecular weight excluding hydrogens is 286 g/mol. The van der Waals surface area contributed by atoms with Gasteiger partial charge in [0.2, 0.25) is 5.91 Å². The first-order valence-corrected chi connectivity index (χ1v) is 6.13. The van der Waals surface area contributed by atoms with Crippen molar-refractivity contribution in [3.05, 3.63) is 29.3 Å². The van der Waals surface area contributed by atoms with E-state index in [0.29, 0.717) is 12.1 Å². The van der Waals surface area contributed by atoms with Gasteiger partial charge in [0.25, 0.3) is 0 Å². The number of anilines is 1. The normalized spacial score (nSPS) is 24.9. The first-order chi connectivity index (χ1) is 9.75. The van der Waals surface area contributed by atoms with Crippen LogP contribution in [0.2, 0.25) is 0 Å². The topological polar surface area (TPSA) is 102 Å². The Morgan fingerprint density at radius 2 is 2.05 bits per heavy atom. The summed E-state index contributed by atoms with van der Waals surface area (Å²) < 4.78 is 31.5. The van der Waals surface area contributed by atoms with Gasteiger partial charge in [-0.3, -0.25) is 4.79 Å². The number of carboxylic acids is 1. The minimum absolute atomic E-state index is 0.0616. The Kier molecular flexibility index (Phi) is 3.93. The van der Waals surface area contributed by atoms with E-state index in [-0.39, 0.29) is 18.9 Å². The maximum absolute atomic E-state index is 13.3. The fourth-order valence-electron chi connectivity index (χ4n) is 2.02. The number of amides is 1. The molecule has 0 aromatic heterocycles. The van der Waals surface area contributed by atoms with Gasteiger partial charge in [0.05, 0.1) is 29.9 Å². The first-order valence-electron chi connectivity index (χ1n) is 6.13. The molecule has 1 aromatic carbocycles. The lowest BCUT2D eigenvalue weighted by atomic mass is 9.84. The predicted molar refractivity (Wildman–Crippen MR) is 68.8 cm³/mol. The number of halogens is 2. The summed E-state index contributed by atoms with van der Waals surface area (Å²) in [5, 5.41) is 11.3. The Hall–Kier alpha value is -2.06. The first kappa shape index (κ1) is 15.3. The number of nitrogens with one attached hydrogen (secondary N) is 1. The number of carbonyl (C=O) groups excluding carboxylic acids is 1. The van der Waals surface area contributed by atoms with E-state index >= 15 is 0 Å². The second-order valence-electron chi connectivity index (χ2n) is 5.11. The molecule has 0 saturated carbocycles. The maximum Gasteiger partial charge on any atom is 0.337 e. The highest BCUT2D eigenvalue weighted by Crippen LogP contribution is 2.30. The Balaban J connectivity index is 2.33. The van der Waals surface area contributed by atoms with Gasteiger partial charge < -0.3 is 20.9 Å². The van der Waals surface area contributed by atoms with E-state index in [1.54, 1.807) is 6.92 Å². The van der Waals surface area contributed by atoms with Crippen LogP contribution in [0.4, 0.5) is 14.5 Å². The number of hydrogen-bond acceptors (Lipinski definition) is 4. The van der Waals surface area contributed by atoms with Gasteiger partial charge in [-0.25, -0.2) is 13.6 Å². The highest BCUT2D eigenvalue weighted by atomic mass is 19.2. The molecule has 0 radical (unpaired) electrons. The fourth-order valence-corrected chi connectivity index (χ4v) is 2.02. The smallest absolute Gasteiger partial charge is 0.337 e. The lowest BCUT2D eigenvalue weighted by Gasteiger charge is -2.25. The summed E-state index contributed by atoms with van der Waals surface area (Å²) in [5.74, 6) is -4.66. The van der Waals surface area contributed by atoms with E-state index in [1.807, 2.05) is 0 Å². The van der Waals surface area contributed by atoms with Crippen molar-refractivity contribution in [3.8, 4) is 0 Å². The van der Waals surface area contributed by atoms with Gasteiger partial charge in [0.1, 0.15) is 0 Å².